The molecule has 0 aliphatic rings. The molecule has 1 aromatic carbocycles. The highest BCUT2D eigenvalue weighted by molar-refractivity contribution is 5.96. The predicted octanol–water partition coefficient (Wildman–Crippen LogP) is 2.31. The summed E-state index contributed by atoms with van der Waals surface area (Å²) in [5, 5.41) is 13.1. The first-order chi connectivity index (χ1) is 13.1. The van der Waals surface area contributed by atoms with Crippen LogP contribution in [0.15, 0.2) is 67.3 Å². The first-order valence-corrected chi connectivity index (χ1v) is 8.40. The van der Waals surface area contributed by atoms with E-state index in [9.17, 15) is 14.7 Å². The lowest BCUT2D eigenvalue weighted by Gasteiger charge is -2.15. The number of carbonyl (C=O) groups excluding carboxylic acids is 1. The Morgan fingerprint density at radius 1 is 1.11 bits per heavy atom. The zero-order valence-corrected chi connectivity index (χ0v) is 14.2. The summed E-state index contributed by atoms with van der Waals surface area (Å²) in [5.41, 5.74) is 2.66. The largest absolute Gasteiger partial charge is 0.480 e. The van der Waals surface area contributed by atoms with Crippen molar-refractivity contribution in [2.75, 3.05) is 0 Å². The molecule has 0 radical (unpaired) electrons. The zero-order chi connectivity index (χ0) is 18.8. The topological polar surface area (TPSA) is 96.6 Å². The highest BCUT2D eigenvalue weighted by Crippen LogP contribution is 2.14. The van der Waals surface area contributed by atoms with Gasteiger partial charge in [0, 0.05) is 18.0 Å². The molecular weight excluding hydrogens is 344 g/mol. The summed E-state index contributed by atoms with van der Waals surface area (Å²) in [4.78, 5) is 32.7. The third-order valence-corrected chi connectivity index (χ3v) is 4.37. The molecule has 0 saturated heterocycles. The molecule has 1 amide bonds. The Labute approximate surface area is 154 Å². The van der Waals surface area contributed by atoms with Crippen molar-refractivity contribution in [1.82, 2.24) is 19.7 Å². The molecule has 27 heavy (non-hydrogen) atoms. The Balaban J connectivity index is 1.58. The molecule has 1 unspecified atom stereocenters. The number of benzene rings is 1. The molecule has 0 bridgehead atoms. The minimum Gasteiger partial charge on any atom is -0.480 e. The van der Waals surface area contributed by atoms with Crippen molar-refractivity contribution in [3.05, 3.63) is 78.5 Å². The zero-order valence-electron chi connectivity index (χ0n) is 14.2. The average molecular weight is 360 g/mol. The number of amides is 1. The molecule has 0 spiro atoms. The number of nitrogens with one attached hydrogen (secondary N) is 1. The van der Waals surface area contributed by atoms with Gasteiger partial charge in [-0.3, -0.25) is 14.2 Å². The summed E-state index contributed by atoms with van der Waals surface area (Å²) in [6, 6.07) is 13.6. The van der Waals surface area contributed by atoms with Gasteiger partial charge in [0.05, 0.1) is 23.6 Å². The Morgan fingerprint density at radius 3 is 2.81 bits per heavy atom. The van der Waals surface area contributed by atoms with Crippen LogP contribution in [0.3, 0.4) is 0 Å². The molecule has 2 N–H and O–H groups in total. The van der Waals surface area contributed by atoms with E-state index in [0.29, 0.717) is 5.69 Å². The minimum atomic E-state index is -1.10. The quantitative estimate of drug-likeness (QED) is 0.569. The van der Waals surface area contributed by atoms with Crippen LogP contribution in [0.2, 0.25) is 0 Å². The van der Waals surface area contributed by atoms with Gasteiger partial charge < -0.3 is 10.4 Å². The number of carboxylic acid groups (broad SMARTS) is 1. The molecule has 3 aromatic heterocycles. The number of pyridine rings is 2. The van der Waals surface area contributed by atoms with Crippen molar-refractivity contribution in [2.45, 2.75) is 12.5 Å². The van der Waals surface area contributed by atoms with E-state index in [-0.39, 0.29) is 6.42 Å². The van der Waals surface area contributed by atoms with Crippen molar-refractivity contribution in [2.24, 2.45) is 0 Å². The van der Waals surface area contributed by atoms with Gasteiger partial charge in [-0.2, -0.15) is 0 Å². The van der Waals surface area contributed by atoms with Crippen molar-refractivity contribution in [3.63, 3.8) is 0 Å². The summed E-state index contributed by atoms with van der Waals surface area (Å²) in [6.45, 7) is 0. The Morgan fingerprint density at radius 2 is 1.96 bits per heavy atom. The highest BCUT2D eigenvalue weighted by atomic mass is 16.4. The van der Waals surface area contributed by atoms with Crippen LogP contribution in [0.5, 0.6) is 0 Å². The summed E-state index contributed by atoms with van der Waals surface area (Å²) in [6.07, 6.45) is 4.93. The van der Waals surface area contributed by atoms with Crippen molar-refractivity contribution in [3.8, 4) is 0 Å². The van der Waals surface area contributed by atoms with Gasteiger partial charge in [0.2, 0.25) is 0 Å². The third-order valence-electron chi connectivity index (χ3n) is 4.37. The van der Waals surface area contributed by atoms with Gasteiger partial charge in [-0.15, -0.1) is 0 Å². The number of nitrogens with zero attached hydrogens (tertiary/aromatic N) is 3. The lowest BCUT2D eigenvalue weighted by atomic mass is 10.1. The monoisotopic (exact) mass is 360 g/mol. The van der Waals surface area contributed by atoms with Crippen molar-refractivity contribution < 1.29 is 14.7 Å². The normalized spacial score (nSPS) is 12.1. The average Bonchev–Trinajstić information content (AvgIpc) is 3.16. The van der Waals surface area contributed by atoms with E-state index in [1.54, 1.807) is 28.9 Å². The lowest BCUT2D eigenvalue weighted by Crippen LogP contribution is -2.42. The number of imidazole rings is 1. The second-order valence-electron chi connectivity index (χ2n) is 6.20. The van der Waals surface area contributed by atoms with Crippen LogP contribution < -0.4 is 5.32 Å². The number of carboxylic acids is 1. The fourth-order valence-corrected chi connectivity index (χ4v) is 3.03. The number of rotatable bonds is 5. The van der Waals surface area contributed by atoms with Gasteiger partial charge in [0.25, 0.3) is 5.91 Å². The van der Waals surface area contributed by atoms with Gasteiger partial charge in [-0.1, -0.05) is 24.3 Å². The van der Waals surface area contributed by atoms with E-state index in [1.165, 1.54) is 6.33 Å². The highest BCUT2D eigenvalue weighted by Gasteiger charge is 2.22. The number of fused-ring (bicyclic) bond motifs is 2. The minimum absolute atomic E-state index is 0.138. The first kappa shape index (κ1) is 16.7. The number of carbonyl (C=O) groups is 2. The molecule has 0 saturated carbocycles. The fraction of sp³-hybridized carbons (Fsp3) is 0.100. The van der Waals surface area contributed by atoms with Crippen LogP contribution in [0.4, 0.5) is 0 Å². The van der Waals surface area contributed by atoms with Crippen LogP contribution in [-0.2, 0) is 11.2 Å². The van der Waals surface area contributed by atoms with Gasteiger partial charge >= 0.3 is 5.97 Å². The molecule has 7 nitrogen and oxygen atoms in total. The van der Waals surface area contributed by atoms with E-state index in [4.69, 9.17) is 0 Å². The van der Waals surface area contributed by atoms with Crippen molar-refractivity contribution in [1.29, 1.82) is 0 Å². The van der Waals surface area contributed by atoms with Gasteiger partial charge in [-0.05, 0) is 29.8 Å². The molecule has 4 aromatic rings. The molecular formula is C20H16N4O3. The number of para-hydroxylation sites is 1. The molecule has 0 aliphatic carbocycles. The number of hydrogen-bond acceptors (Lipinski definition) is 4. The standard InChI is InChI=1S/C20H16N4O3/c25-19(18-7-3-5-15-11-21-12-24(15)18)23-17(20(26)27)9-13-8-14-4-1-2-6-16(14)22-10-13/h1-8,10-12,17H,9H2,(H,23,25)(H,26,27). The number of aromatic nitrogens is 3. The van der Waals surface area contributed by atoms with Crippen LogP contribution in [0.1, 0.15) is 16.1 Å². The lowest BCUT2D eigenvalue weighted by molar-refractivity contribution is -0.139. The van der Waals surface area contributed by atoms with Gasteiger partial charge in [-0.25, -0.2) is 9.78 Å². The number of hydrogen-bond donors (Lipinski definition) is 2. The molecule has 0 fully saturated rings. The molecule has 3 heterocycles. The molecule has 134 valence electrons. The van der Waals surface area contributed by atoms with E-state index in [0.717, 1.165) is 22.0 Å². The van der Waals surface area contributed by atoms with Gasteiger partial charge in [0.15, 0.2) is 0 Å². The van der Waals surface area contributed by atoms with Crippen LogP contribution in [0.25, 0.3) is 16.4 Å². The molecule has 7 heteroatoms. The first-order valence-electron chi connectivity index (χ1n) is 8.40. The summed E-state index contributed by atoms with van der Waals surface area (Å²) >= 11 is 0. The molecule has 4 rings (SSSR count). The second-order valence-corrected chi connectivity index (χ2v) is 6.20. The number of aliphatic carboxylic acids is 1. The summed E-state index contributed by atoms with van der Waals surface area (Å²) in [5.74, 6) is -1.57. The SMILES string of the molecule is O=C(NC(Cc1cnc2ccccc2c1)C(=O)O)c1cccc2cncn12. The Hall–Kier alpha value is -3.74. The fourth-order valence-electron chi connectivity index (χ4n) is 3.03. The maximum atomic E-state index is 12.6. The smallest absolute Gasteiger partial charge is 0.326 e. The van der Waals surface area contributed by atoms with E-state index >= 15 is 0 Å². The predicted molar refractivity (Wildman–Crippen MR) is 99.5 cm³/mol. The summed E-state index contributed by atoms with van der Waals surface area (Å²) in [7, 11) is 0. The van der Waals surface area contributed by atoms with Crippen LogP contribution >= 0.6 is 0 Å². The van der Waals surface area contributed by atoms with Crippen molar-refractivity contribution >= 4 is 28.3 Å². The maximum absolute atomic E-state index is 12.6. The van der Waals surface area contributed by atoms with Crippen LogP contribution in [-0.4, -0.2) is 37.4 Å². The Kier molecular flexibility index (Phi) is 4.25. The van der Waals surface area contributed by atoms with Crippen LogP contribution in [0, 0.1) is 0 Å². The van der Waals surface area contributed by atoms with E-state index in [2.05, 4.69) is 15.3 Å². The molecule has 1 atom stereocenters. The van der Waals surface area contributed by atoms with E-state index in [1.807, 2.05) is 36.4 Å². The Bertz CT molecular complexity index is 1150. The summed E-state index contributed by atoms with van der Waals surface area (Å²) < 4.78 is 1.62. The second kappa shape index (κ2) is 6.87. The maximum Gasteiger partial charge on any atom is 0.326 e. The molecule has 0 aliphatic heterocycles. The van der Waals surface area contributed by atoms with Gasteiger partial charge in [0.1, 0.15) is 11.7 Å². The van der Waals surface area contributed by atoms with E-state index < -0.39 is 17.9 Å². The third kappa shape index (κ3) is 3.35.